The van der Waals surface area contributed by atoms with E-state index in [4.69, 9.17) is 9.26 Å². The molecule has 2 N–H and O–H groups in total. The number of hydrogen-bond donors (Lipinski definition) is 2. The first kappa shape index (κ1) is 18.1. The summed E-state index contributed by atoms with van der Waals surface area (Å²) < 4.78 is 10.2. The summed E-state index contributed by atoms with van der Waals surface area (Å²) in [4.78, 5) is 28.9. The maximum atomic E-state index is 12.6. The highest BCUT2D eigenvalue weighted by atomic mass is 16.5. The highest BCUT2D eigenvalue weighted by molar-refractivity contribution is 6.08. The molecular formula is C19H18N4O4. The lowest BCUT2D eigenvalue weighted by molar-refractivity contribution is 0.102. The summed E-state index contributed by atoms with van der Waals surface area (Å²) in [5, 5.41) is 9.04. The van der Waals surface area contributed by atoms with Crippen molar-refractivity contribution in [1.82, 2.24) is 10.1 Å². The number of carbonyl (C=O) groups is 2. The molecule has 1 aromatic carbocycles. The standard InChI is InChI=1S/C19H18N4O4/c1-11-4-5-16(26-3)14(8-11)21-18(24)13-6-7-20-15(10-13)19(25)22-17-9-12(2)27-23-17/h4-10H,1-3H3,(H,21,24)(H,22,23,25). The topological polar surface area (TPSA) is 106 Å². The van der Waals surface area contributed by atoms with Gasteiger partial charge in [0.2, 0.25) is 0 Å². The van der Waals surface area contributed by atoms with Crippen LogP contribution < -0.4 is 15.4 Å². The molecule has 0 aliphatic rings. The van der Waals surface area contributed by atoms with E-state index in [1.165, 1.54) is 25.4 Å². The van der Waals surface area contributed by atoms with Gasteiger partial charge >= 0.3 is 0 Å². The zero-order valence-corrected chi connectivity index (χ0v) is 15.1. The maximum absolute atomic E-state index is 12.6. The molecule has 0 radical (unpaired) electrons. The second-order valence-corrected chi connectivity index (χ2v) is 5.86. The van der Waals surface area contributed by atoms with Gasteiger partial charge in [-0.2, -0.15) is 0 Å². The fraction of sp³-hybridized carbons (Fsp3) is 0.158. The van der Waals surface area contributed by atoms with Gasteiger partial charge in [-0.15, -0.1) is 0 Å². The zero-order valence-electron chi connectivity index (χ0n) is 15.1. The fourth-order valence-electron chi connectivity index (χ4n) is 2.42. The van der Waals surface area contributed by atoms with Crippen LogP contribution >= 0.6 is 0 Å². The predicted molar refractivity (Wildman–Crippen MR) is 99.1 cm³/mol. The van der Waals surface area contributed by atoms with Crippen LogP contribution in [0.15, 0.2) is 47.1 Å². The molecule has 0 aliphatic heterocycles. The number of aromatic nitrogens is 2. The number of hydrogen-bond acceptors (Lipinski definition) is 6. The largest absolute Gasteiger partial charge is 0.495 e. The first-order valence-electron chi connectivity index (χ1n) is 8.13. The predicted octanol–water partition coefficient (Wildman–Crippen LogP) is 3.20. The van der Waals surface area contributed by atoms with Gasteiger partial charge in [-0.3, -0.25) is 14.6 Å². The van der Waals surface area contributed by atoms with Crippen LogP contribution in [-0.4, -0.2) is 29.1 Å². The van der Waals surface area contributed by atoms with Crippen LogP contribution in [0.1, 0.15) is 32.2 Å². The Bertz CT molecular complexity index is 997. The van der Waals surface area contributed by atoms with Crippen molar-refractivity contribution >= 4 is 23.3 Å². The highest BCUT2D eigenvalue weighted by Crippen LogP contribution is 2.25. The molecule has 0 saturated heterocycles. The van der Waals surface area contributed by atoms with Crippen molar-refractivity contribution in [3.8, 4) is 5.75 Å². The number of anilines is 2. The third kappa shape index (κ3) is 4.30. The lowest BCUT2D eigenvalue weighted by atomic mass is 10.1. The van der Waals surface area contributed by atoms with E-state index in [1.54, 1.807) is 25.1 Å². The number of aryl methyl sites for hydroxylation is 2. The Labute approximate surface area is 155 Å². The number of rotatable bonds is 5. The number of methoxy groups -OCH3 is 1. The summed E-state index contributed by atoms with van der Waals surface area (Å²) >= 11 is 0. The Kier molecular flexibility index (Phi) is 5.16. The molecule has 3 aromatic rings. The van der Waals surface area contributed by atoms with Gasteiger partial charge in [0.15, 0.2) is 5.82 Å². The zero-order chi connectivity index (χ0) is 19.4. The summed E-state index contributed by atoms with van der Waals surface area (Å²) in [7, 11) is 1.53. The average molecular weight is 366 g/mol. The summed E-state index contributed by atoms with van der Waals surface area (Å²) in [6, 6.07) is 9.97. The van der Waals surface area contributed by atoms with E-state index >= 15 is 0 Å². The number of nitrogens with zero attached hydrogens (tertiary/aromatic N) is 2. The van der Waals surface area contributed by atoms with Crippen LogP contribution in [0.3, 0.4) is 0 Å². The van der Waals surface area contributed by atoms with E-state index < -0.39 is 5.91 Å². The van der Waals surface area contributed by atoms with Gasteiger partial charge in [-0.05, 0) is 43.7 Å². The third-order valence-electron chi connectivity index (χ3n) is 3.73. The van der Waals surface area contributed by atoms with Crippen molar-refractivity contribution in [3.05, 3.63) is 65.2 Å². The Morgan fingerprint density at radius 3 is 2.56 bits per heavy atom. The van der Waals surface area contributed by atoms with Crippen LogP contribution in [0.4, 0.5) is 11.5 Å². The monoisotopic (exact) mass is 366 g/mol. The van der Waals surface area contributed by atoms with Gasteiger partial charge in [-0.25, -0.2) is 0 Å². The van der Waals surface area contributed by atoms with E-state index in [9.17, 15) is 9.59 Å². The van der Waals surface area contributed by atoms with Crippen LogP contribution in [-0.2, 0) is 0 Å². The molecule has 0 aliphatic carbocycles. The quantitative estimate of drug-likeness (QED) is 0.718. The molecule has 0 fully saturated rings. The lowest BCUT2D eigenvalue weighted by Gasteiger charge is -2.11. The van der Waals surface area contributed by atoms with Crippen LogP contribution in [0, 0.1) is 13.8 Å². The molecule has 27 heavy (non-hydrogen) atoms. The lowest BCUT2D eigenvalue weighted by Crippen LogP contribution is -2.17. The Hall–Kier alpha value is -3.68. The number of carbonyl (C=O) groups excluding carboxylic acids is 2. The SMILES string of the molecule is COc1ccc(C)cc1NC(=O)c1ccnc(C(=O)Nc2cc(C)on2)c1. The molecule has 0 saturated carbocycles. The van der Waals surface area contributed by atoms with Crippen molar-refractivity contribution in [2.45, 2.75) is 13.8 Å². The molecule has 2 amide bonds. The molecule has 8 nitrogen and oxygen atoms in total. The van der Waals surface area contributed by atoms with Gasteiger partial charge < -0.3 is 19.9 Å². The Balaban J connectivity index is 1.77. The van der Waals surface area contributed by atoms with Crippen molar-refractivity contribution in [2.24, 2.45) is 0 Å². The summed E-state index contributed by atoms with van der Waals surface area (Å²) in [5.74, 6) is 0.512. The summed E-state index contributed by atoms with van der Waals surface area (Å²) in [6.45, 7) is 3.63. The molecule has 2 aromatic heterocycles. The maximum Gasteiger partial charge on any atom is 0.275 e. The smallest absolute Gasteiger partial charge is 0.275 e. The molecule has 0 bridgehead atoms. The first-order valence-corrected chi connectivity index (χ1v) is 8.13. The van der Waals surface area contributed by atoms with Crippen LogP contribution in [0.25, 0.3) is 0 Å². The number of nitrogens with one attached hydrogen (secondary N) is 2. The molecule has 0 spiro atoms. The van der Waals surface area contributed by atoms with E-state index in [-0.39, 0.29) is 23.0 Å². The van der Waals surface area contributed by atoms with Gasteiger partial charge in [0.05, 0.1) is 12.8 Å². The van der Waals surface area contributed by atoms with E-state index in [0.29, 0.717) is 17.2 Å². The van der Waals surface area contributed by atoms with Crippen molar-refractivity contribution in [1.29, 1.82) is 0 Å². The summed E-state index contributed by atoms with van der Waals surface area (Å²) in [5.41, 5.74) is 1.89. The normalized spacial score (nSPS) is 10.3. The molecule has 0 atom stereocenters. The minimum absolute atomic E-state index is 0.0829. The third-order valence-corrected chi connectivity index (χ3v) is 3.73. The van der Waals surface area contributed by atoms with Crippen molar-refractivity contribution in [2.75, 3.05) is 17.7 Å². The minimum Gasteiger partial charge on any atom is -0.495 e. The average Bonchev–Trinajstić information content (AvgIpc) is 3.06. The molecule has 8 heteroatoms. The number of pyridine rings is 1. The number of ether oxygens (including phenoxy) is 1. The molecule has 2 heterocycles. The minimum atomic E-state index is -0.494. The number of benzene rings is 1. The van der Waals surface area contributed by atoms with E-state index in [2.05, 4.69) is 20.8 Å². The Morgan fingerprint density at radius 2 is 1.85 bits per heavy atom. The molecular weight excluding hydrogens is 348 g/mol. The van der Waals surface area contributed by atoms with Crippen molar-refractivity contribution < 1.29 is 18.8 Å². The molecule has 138 valence electrons. The van der Waals surface area contributed by atoms with Crippen molar-refractivity contribution in [3.63, 3.8) is 0 Å². The molecule has 0 unspecified atom stereocenters. The van der Waals surface area contributed by atoms with Gasteiger partial charge in [-0.1, -0.05) is 11.2 Å². The van der Waals surface area contributed by atoms with E-state index in [0.717, 1.165) is 5.56 Å². The first-order chi connectivity index (χ1) is 13.0. The van der Waals surface area contributed by atoms with E-state index in [1.807, 2.05) is 13.0 Å². The van der Waals surface area contributed by atoms with Crippen LogP contribution in [0.5, 0.6) is 5.75 Å². The van der Waals surface area contributed by atoms with Gasteiger partial charge in [0.25, 0.3) is 11.8 Å². The highest BCUT2D eigenvalue weighted by Gasteiger charge is 2.15. The van der Waals surface area contributed by atoms with Crippen LogP contribution in [0.2, 0.25) is 0 Å². The summed E-state index contributed by atoms with van der Waals surface area (Å²) in [6.07, 6.45) is 1.39. The fourth-order valence-corrected chi connectivity index (χ4v) is 2.42. The second kappa shape index (κ2) is 7.69. The van der Waals surface area contributed by atoms with Gasteiger partial charge in [0.1, 0.15) is 17.2 Å². The number of amides is 2. The Morgan fingerprint density at radius 1 is 1.04 bits per heavy atom. The van der Waals surface area contributed by atoms with Gasteiger partial charge in [0, 0.05) is 17.8 Å². The second-order valence-electron chi connectivity index (χ2n) is 5.86. The molecule has 3 rings (SSSR count).